The van der Waals surface area contributed by atoms with Gasteiger partial charge in [0.1, 0.15) is 6.61 Å². The minimum atomic E-state index is -0.442. The van der Waals surface area contributed by atoms with Gasteiger partial charge in [-0.25, -0.2) is 4.79 Å². The van der Waals surface area contributed by atoms with E-state index < -0.39 is 11.2 Å². The molecule has 0 bridgehead atoms. The Morgan fingerprint density at radius 1 is 1.18 bits per heavy atom. The van der Waals surface area contributed by atoms with Gasteiger partial charge in [0.15, 0.2) is 0 Å². The number of benzene rings is 1. The van der Waals surface area contributed by atoms with Gasteiger partial charge in [0.25, 0.3) is 0 Å². The largest absolute Gasteiger partial charge is 0.457 e. The number of ether oxygens (including phenoxy) is 1. The Hall–Kier alpha value is -2.76. The maximum Gasteiger partial charge on any atom is 0.340 e. The Balaban J connectivity index is 2.00. The number of allylic oxidation sites excluding steroid dienone is 2. The van der Waals surface area contributed by atoms with Crippen molar-refractivity contribution in [3.63, 3.8) is 0 Å². The summed E-state index contributed by atoms with van der Waals surface area (Å²) in [6, 6.07) is 8.07. The van der Waals surface area contributed by atoms with Crippen LogP contribution in [0.4, 0.5) is 0 Å². The number of esters is 1. The third-order valence-electron chi connectivity index (χ3n) is 5.85. The number of halogens is 1. The predicted molar refractivity (Wildman–Crippen MR) is 137 cm³/mol. The van der Waals surface area contributed by atoms with E-state index in [0.717, 1.165) is 39.9 Å². The fraction of sp³-hybridized carbons (Fsp3) is 0.393. The zero-order chi connectivity index (χ0) is 25.0. The Morgan fingerprint density at radius 3 is 2.38 bits per heavy atom. The first-order valence-corrected chi connectivity index (χ1v) is 11.9. The fourth-order valence-corrected chi connectivity index (χ4v) is 4.28. The van der Waals surface area contributed by atoms with Gasteiger partial charge in [0, 0.05) is 17.8 Å². The molecule has 34 heavy (non-hydrogen) atoms. The third-order valence-corrected chi connectivity index (χ3v) is 6.13. The van der Waals surface area contributed by atoms with E-state index in [9.17, 15) is 9.59 Å². The van der Waals surface area contributed by atoms with Crippen LogP contribution in [-0.4, -0.2) is 22.8 Å². The zero-order valence-corrected chi connectivity index (χ0v) is 21.3. The van der Waals surface area contributed by atoms with Crippen molar-refractivity contribution in [3.05, 3.63) is 76.1 Å². The molecule has 1 aromatic carbocycles. The highest BCUT2D eigenvalue weighted by Crippen LogP contribution is 2.34. The number of rotatable bonds is 7. The summed E-state index contributed by atoms with van der Waals surface area (Å²) in [5.74, 6) is -0.773. The highest BCUT2D eigenvalue weighted by Gasteiger charge is 2.26. The first-order chi connectivity index (χ1) is 16.0. The molecule has 0 fully saturated rings. The molecule has 0 saturated heterocycles. The van der Waals surface area contributed by atoms with E-state index in [2.05, 4.69) is 20.8 Å². The average molecular weight is 481 g/mol. The van der Waals surface area contributed by atoms with Gasteiger partial charge in [-0.15, -0.1) is 0 Å². The molecule has 0 aliphatic heterocycles. The number of nitrogens with two attached hydrogens (primary N) is 1. The summed E-state index contributed by atoms with van der Waals surface area (Å²) in [7, 11) is 0. The molecule has 1 aliphatic rings. The molecule has 0 radical (unpaired) electrons. The molecule has 6 heteroatoms. The Kier molecular flexibility index (Phi) is 8.11. The van der Waals surface area contributed by atoms with Crippen LogP contribution in [0.1, 0.15) is 60.1 Å². The molecule has 1 aromatic heterocycles. The molecule has 0 amide bonds. The quantitative estimate of drug-likeness (QED) is 0.397. The molecule has 3 rings (SSSR count). The van der Waals surface area contributed by atoms with Gasteiger partial charge in [-0.1, -0.05) is 68.8 Å². The molecular weight excluding hydrogens is 448 g/mol. The number of aromatic nitrogens is 1. The minimum Gasteiger partial charge on any atom is -0.457 e. The second kappa shape index (κ2) is 10.7. The number of carbonyl (C=O) groups excluding carboxylic acids is 2. The van der Waals surface area contributed by atoms with E-state index in [1.54, 1.807) is 12.2 Å². The van der Waals surface area contributed by atoms with Crippen molar-refractivity contribution in [2.45, 2.75) is 54.0 Å². The van der Waals surface area contributed by atoms with E-state index >= 15 is 0 Å². The van der Waals surface area contributed by atoms with Crippen molar-refractivity contribution < 1.29 is 14.3 Å². The summed E-state index contributed by atoms with van der Waals surface area (Å²) >= 11 is 5.57. The smallest absolute Gasteiger partial charge is 0.340 e. The van der Waals surface area contributed by atoms with Gasteiger partial charge >= 0.3 is 5.97 Å². The van der Waals surface area contributed by atoms with Crippen molar-refractivity contribution in [2.24, 2.45) is 17.1 Å². The molecular formula is C28H33ClN2O3. The van der Waals surface area contributed by atoms with Gasteiger partial charge < -0.3 is 10.5 Å². The maximum atomic E-state index is 13.4. The molecule has 0 spiro atoms. The van der Waals surface area contributed by atoms with Crippen LogP contribution >= 0.6 is 11.6 Å². The lowest BCUT2D eigenvalue weighted by Crippen LogP contribution is -2.20. The average Bonchev–Trinajstić information content (AvgIpc) is 2.77. The second-order valence-electron chi connectivity index (χ2n) is 10.0. The normalized spacial score (nSPS) is 15.7. The molecule has 1 unspecified atom stereocenters. The third kappa shape index (κ3) is 6.22. The molecule has 5 nitrogen and oxygen atoms in total. The van der Waals surface area contributed by atoms with Gasteiger partial charge in [0.05, 0.1) is 17.2 Å². The second-order valence-corrected chi connectivity index (χ2v) is 10.4. The van der Waals surface area contributed by atoms with Crippen LogP contribution in [0.3, 0.4) is 0 Å². The summed E-state index contributed by atoms with van der Waals surface area (Å²) < 4.78 is 5.71. The number of nitrogens with zero attached hydrogens (tertiary/aromatic N) is 1. The minimum absolute atomic E-state index is 0.0119. The molecule has 1 atom stereocenters. The molecule has 2 N–H and O–H groups in total. The summed E-state index contributed by atoms with van der Waals surface area (Å²) in [6.45, 7) is 10.7. The first kappa shape index (κ1) is 25.9. The predicted octanol–water partition coefficient (Wildman–Crippen LogP) is 5.84. The molecule has 0 saturated carbocycles. The molecule has 2 aromatic rings. The fourth-order valence-electron chi connectivity index (χ4n) is 4.12. The standard InChI is InChI=1S/C28H33ClN2O3/c1-17-6-10-20(11-7-17)25-22(15-30)23(14-28(3,4)5)31-18(2)24(25)27(33)34-16-19-8-12-21(13-9-19)26(29)32/h6-12,21H,13-16,30H2,1-5H3. The SMILES string of the molecule is Cc1ccc(-c2c(CN)c(CC(C)(C)C)nc(C)c2C(=O)OCC2=CCC(C(=O)Cl)C=C2)cc1. The topological polar surface area (TPSA) is 82.3 Å². The summed E-state index contributed by atoms with van der Waals surface area (Å²) in [5, 5.41) is -0.391. The van der Waals surface area contributed by atoms with Crippen LogP contribution in [0.25, 0.3) is 11.1 Å². The van der Waals surface area contributed by atoms with Crippen molar-refractivity contribution >= 4 is 22.8 Å². The van der Waals surface area contributed by atoms with Crippen LogP contribution < -0.4 is 5.73 Å². The maximum absolute atomic E-state index is 13.4. The van der Waals surface area contributed by atoms with Crippen LogP contribution in [0, 0.1) is 25.2 Å². The van der Waals surface area contributed by atoms with Crippen molar-refractivity contribution in [1.82, 2.24) is 4.98 Å². The number of hydrogen-bond donors (Lipinski definition) is 1. The van der Waals surface area contributed by atoms with Crippen molar-refractivity contribution in [1.29, 1.82) is 0 Å². The van der Waals surface area contributed by atoms with Gasteiger partial charge in [-0.2, -0.15) is 0 Å². The van der Waals surface area contributed by atoms with Crippen LogP contribution in [0.15, 0.2) is 48.1 Å². The Bertz CT molecular complexity index is 1140. The molecule has 180 valence electrons. The zero-order valence-electron chi connectivity index (χ0n) is 20.6. The molecule has 1 heterocycles. The van der Waals surface area contributed by atoms with E-state index in [1.165, 1.54) is 0 Å². The van der Waals surface area contributed by atoms with Crippen LogP contribution in [0.2, 0.25) is 0 Å². The number of pyridine rings is 1. The van der Waals surface area contributed by atoms with Gasteiger partial charge in [-0.05, 0) is 60.4 Å². The van der Waals surface area contributed by atoms with E-state index in [1.807, 2.05) is 44.2 Å². The lowest BCUT2D eigenvalue weighted by atomic mass is 9.85. The van der Waals surface area contributed by atoms with Gasteiger partial charge in [-0.3, -0.25) is 9.78 Å². The molecule has 1 aliphatic carbocycles. The highest BCUT2D eigenvalue weighted by atomic mass is 35.5. The lowest BCUT2D eigenvalue weighted by Gasteiger charge is -2.24. The highest BCUT2D eigenvalue weighted by molar-refractivity contribution is 6.64. The Morgan fingerprint density at radius 2 is 1.85 bits per heavy atom. The lowest BCUT2D eigenvalue weighted by molar-refractivity contribution is -0.113. The number of carbonyl (C=O) groups is 2. The Labute approximate surface area is 207 Å². The number of hydrogen-bond acceptors (Lipinski definition) is 5. The van der Waals surface area contributed by atoms with E-state index in [-0.39, 0.29) is 24.5 Å². The first-order valence-electron chi connectivity index (χ1n) is 11.5. The number of aryl methyl sites for hydroxylation is 2. The van der Waals surface area contributed by atoms with Crippen molar-refractivity contribution in [2.75, 3.05) is 6.61 Å². The monoisotopic (exact) mass is 480 g/mol. The van der Waals surface area contributed by atoms with Crippen LogP contribution in [0.5, 0.6) is 0 Å². The van der Waals surface area contributed by atoms with Gasteiger partial charge in [0.2, 0.25) is 5.24 Å². The summed E-state index contributed by atoms with van der Waals surface area (Å²) in [6.07, 6.45) is 6.65. The van der Waals surface area contributed by atoms with Crippen LogP contribution in [-0.2, 0) is 22.5 Å². The van der Waals surface area contributed by atoms with E-state index in [4.69, 9.17) is 27.1 Å². The van der Waals surface area contributed by atoms with E-state index in [0.29, 0.717) is 17.7 Å². The summed E-state index contributed by atoms with van der Waals surface area (Å²) in [5.41, 5.74) is 12.8. The summed E-state index contributed by atoms with van der Waals surface area (Å²) in [4.78, 5) is 29.5. The van der Waals surface area contributed by atoms with Crippen molar-refractivity contribution in [3.8, 4) is 11.1 Å².